The number of aryl methyl sites for hydroxylation is 3. The maximum absolute atomic E-state index is 13.3. The minimum absolute atomic E-state index is 0.0716. The number of rotatable bonds is 5. The highest BCUT2D eigenvalue weighted by Gasteiger charge is 2.24. The summed E-state index contributed by atoms with van der Waals surface area (Å²) in [5.74, 6) is -0.880. The first-order valence-electron chi connectivity index (χ1n) is 11.0. The van der Waals surface area contributed by atoms with Gasteiger partial charge in [-0.3, -0.25) is 9.48 Å². The van der Waals surface area contributed by atoms with E-state index >= 15 is 0 Å². The van der Waals surface area contributed by atoms with E-state index in [2.05, 4.69) is 10.4 Å². The van der Waals surface area contributed by atoms with E-state index in [1.165, 1.54) is 6.07 Å². The van der Waals surface area contributed by atoms with E-state index in [1.54, 1.807) is 24.3 Å². The van der Waals surface area contributed by atoms with Crippen molar-refractivity contribution in [3.05, 3.63) is 80.6 Å². The first-order valence-corrected chi connectivity index (χ1v) is 11.0. The van der Waals surface area contributed by atoms with Crippen LogP contribution in [0.5, 0.6) is 0 Å². The Balaban J connectivity index is 1.68. The zero-order chi connectivity index (χ0) is 24.0. The van der Waals surface area contributed by atoms with Crippen molar-refractivity contribution < 1.29 is 14.3 Å². The Hall–Kier alpha value is -4.38. The zero-order valence-corrected chi connectivity index (χ0v) is 18.8. The predicted octanol–water partition coefficient (Wildman–Crippen LogP) is 4.65. The van der Waals surface area contributed by atoms with Crippen LogP contribution in [0.1, 0.15) is 52.1 Å². The van der Waals surface area contributed by atoms with Crippen molar-refractivity contribution in [2.75, 3.05) is 5.32 Å². The first kappa shape index (κ1) is 21.5. The van der Waals surface area contributed by atoms with Gasteiger partial charge in [-0.2, -0.15) is 10.4 Å². The molecular formula is C26H22N4O4. The molecule has 0 radical (unpaired) electrons. The number of hydrogen-bond acceptors (Lipinski definition) is 6. The monoisotopic (exact) mass is 454 g/mol. The van der Waals surface area contributed by atoms with E-state index in [9.17, 15) is 20.0 Å². The number of para-hydroxylation sites is 1. The summed E-state index contributed by atoms with van der Waals surface area (Å²) in [6.07, 6.45) is 1.90. The molecule has 0 fully saturated rings. The molecule has 1 atom stereocenters. The van der Waals surface area contributed by atoms with Gasteiger partial charge in [0.1, 0.15) is 22.9 Å². The number of hydrogen-bond donors (Lipinski definition) is 2. The molecule has 0 aliphatic carbocycles. The topological polar surface area (TPSA) is 121 Å². The van der Waals surface area contributed by atoms with Gasteiger partial charge in [0, 0.05) is 23.5 Å². The molecule has 8 heteroatoms. The van der Waals surface area contributed by atoms with Crippen LogP contribution in [0.3, 0.4) is 0 Å². The van der Waals surface area contributed by atoms with Crippen molar-refractivity contribution >= 4 is 22.6 Å². The molecule has 170 valence electrons. The maximum atomic E-state index is 13.3. The third-order valence-electron chi connectivity index (χ3n) is 6.17. The van der Waals surface area contributed by atoms with Crippen molar-refractivity contribution in [3.8, 4) is 17.5 Å². The number of nitrogens with zero attached hydrogens (tertiary/aromatic N) is 3. The van der Waals surface area contributed by atoms with Gasteiger partial charge in [-0.15, -0.1) is 0 Å². The molecule has 0 unspecified atom stereocenters. The molecule has 4 aromatic rings. The third kappa shape index (κ3) is 3.52. The fourth-order valence-electron chi connectivity index (χ4n) is 4.56. The second-order valence-corrected chi connectivity index (χ2v) is 8.54. The van der Waals surface area contributed by atoms with Gasteiger partial charge in [-0.25, -0.2) is 4.79 Å². The highest BCUT2D eigenvalue weighted by molar-refractivity contribution is 5.94. The summed E-state index contributed by atoms with van der Waals surface area (Å²) in [6, 6.07) is 13.7. The van der Waals surface area contributed by atoms with Gasteiger partial charge in [-0.05, 0) is 56.5 Å². The second kappa shape index (κ2) is 8.19. The minimum atomic E-state index is -1.04. The van der Waals surface area contributed by atoms with Crippen molar-refractivity contribution in [1.82, 2.24) is 9.78 Å². The van der Waals surface area contributed by atoms with Gasteiger partial charge in [0.05, 0.1) is 17.0 Å². The lowest BCUT2D eigenvalue weighted by Gasteiger charge is -2.19. The maximum Gasteiger partial charge on any atom is 0.337 e. The number of aromatic nitrogens is 2. The van der Waals surface area contributed by atoms with Crippen molar-refractivity contribution in [1.29, 1.82) is 5.26 Å². The van der Waals surface area contributed by atoms with Crippen molar-refractivity contribution in [3.63, 3.8) is 0 Å². The second-order valence-electron chi connectivity index (χ2n) is 8.54. The van der Waals surface area contributed by atoms with Gasteiger partial charge >= 0.3 is 5.97 Å². The SMILES string of the molecule is Cc1cc([C@@H](C)Nc2ccccc2C(=O)O)c2oc(-c3cc4n(n3)CCC4)c(C#N)c(=O)c2c1. The molecule has 0 spiro atoms. The van der Waals surface area contributed by atoms with Crippen LogP contribution in [-0.2, 0) is 13.0 Å². The van der Waals surface area contributed by atoms with Crippen LogP contribution in [0, 0.1) is 18.3 Å². The molecule has 2 aromatic heterocycles. The minimum Gasteiger partial charge on any atom is -0.478 e. The Morgan fingerprint density at radius 2 is 2.09 bits per heavy atom. The molecule has 2 aromatic carbocycles. The van der Waals surface area contributed by atoms with Crippen LogP contribution in [0.15, 0.2) is 51.7 Å². The molecule has 0 saturated carbocycles. The normalized spacial score (nSPS) is 13.4. The van der Waals surface area contributed by atoms with E-state index in [0.717, 1.165) is 30.6 Å². The lowest BCUT2D eigenvalue weighted by atomic mass is 9.99. The number of carbonyl (C=O) groups is 1. The molecule has 34 heavy (non-hydrogen) atoms. The molecule has 8 nitrogen and oxygen atoms in total. The lowest BCUT2D eigenvalue weighted by molar-refractivity contribution is 0.0698. The number of aromatic carboxylic acids is 1. The van der Waals surface area contributed by atoms with Crippen LogP contribution in [0.4, 0.5) is 5.69 Å². The van der Waals surface area contributed by atoms with E-state index in [0.29, 0.717) is 27.9 Å². The van der Waals surface area contributed by atoms with E-state index in [1.807, 2.05) is 36.7 Å². The van der Waals surface area contributed by atoms with Crippen LogP contribution in [0.25, 0.3) is 22.4 Å². The number of nitriles is 1. The standard InChI is InChI=1S/C26H22N4O4/c1-14-10-18(15(2)28-21-8-4-3-7-17(21)26(32)33)24-19(11-14)23(31)20(13-27)25(34-24)22-12-16-6-5-9-30(16)29-22/h3-4,7-8,10-12,15,28H,5-6,9H2,1-2H3,(H,32,33)/t15-/m1/s1. The predicted molar refractivity (Wildman–Crippen MR) is 127 cm³/mol. The smallest absolute Gasteiger partial charge is 0.337 e. The molecule has 5 rings (SSSR count). The molecule has 1 aliphatic heterocycles. The Kier molecular flexibility index (Phi) is 5.17. The number of nitrogens with one attached hydrogen (secondary N) is 1. The Labute approximate surface area is 195 Å². The molecule has 0 amide bonds. The average molecular weight is 454 g/mol. The lowest BCUT2D eigenvalue weighted by Crippen LogP contribution is -2.14. The largest absolute Gasteiger partial charge is 0.478 e. The number of carboxylic acid groups (broad SMARTS) is 1. The summed E-state index contributed by atoms with van der Waals surface area (Å²) in [5, 5.41) is 27.4. The van der Waals surface area contributed by atoms with Crippen LogP contribution >= 0.6 is 0 Å². The number of benzene rings is 2. The van der Waals surface area contributed by atoms with Gasteiger partial charge in [0.15, 0.2) is 5.76 Å². The van der Waals surface area contributed by atoms with Crippen LogP contribution < -0.4 is 10.7 Å². The summed E-state index contributed by atoms with van der Waals surface area (Å²) in [4.78, 5) is 25.0. The molecule has 1 aliphatic rings. The Morgan fingerprint density at radius 1 is 1.29 bits per heavy atom. The third-order valence-corrected chi connectivity index (χ3v) is 6.17. The van der Waals surface area contributed by atoms with Gasteiger partial charge < -0.3 is 14.8 Å². The van der Waals surface area contributed by atoms with E-state index in [4.69, 9.17) is 4.42 Å². The fourth-order valence-corrected chi connectivity index (χ4v) is 4.56. The van der Waals surface area contributed by atoms with Crippen molar-refractivity contribution in [2.24, 2.45) is 0 Å². The molecule has 0 saturated heterocycles. The van der Waals surface area contributed by atoms with E-state index in [-0.39, 0.29) is 22.9 Å². The highest BCUT2D eigenvalue weighted by Crippen LogP contribution is 2.33. The van der Waals surface area contributed by atoms with Gasteiger partial charge in [-0.1, -0.05) is 18.2 Å². The molecular weight excluding hydrogens is 432 g/mol. The first-order chi connectivity index (χ1) is 16.4. The van der Waals surface area contributed by atoms with Gasteiger partial charge in [0.2, 0.25) is 5.43 Å². The average Bonchev–Trinajstić information content (AvgIpc) is 3.41. The summed E-state index contributed by atoms with van der Waals surface area (Å²) < 4.78 is 8.13. The fraction of sp³-hybridized carbons (Fsp3) is 0.231. The molecule has 3 heterocycles. The highest BCUT2D eigenvalue weighted by atomic mass is 16.4. The summed E-state index contributed by atoms with van der Waals surface area (Å²) in [5.41, 5.74) is 3.50. The number of carboxylic acids is 1. The quantitative estimate of drug-likeness (QED) is 0.450. The molecule has 0 bridgehead atoms. The summed E-state index contributed by atoms with van der Waals surface area (Å²) in [7, 11) is 0. The van der Waals surface area contributed by atoms with Crippen LogP contribution in [-0.4, -0.2) is 20.9 Å². The van der Waals surface area contributed by atoms with E-state index < -0.39 is 11.4 Å². The molecule has 2 N–H and O–H groups in total. The number of anilines is 1. The number of fused-ring (bicyclic) bond motifs is 2. The van der Waals surface area contributed by atoms with Crippen molar-refractivity contribution in [2.45, 2.75) is 39.3 Å². The zero-order valence-electron chi connectivity index (χ0n) is 18.8. The Morgan fingerprint density at radius 3 is 2.82 bits per heavy atom. The van der Waals surface area contributed by atoms with Gasteiger partial charge in [0.25, 0.3) is 0 Å². The van der Waals surface area contributed by atoms with Crippen LogP contribution in [0.2, 0.25) is 0 Å². The summed E-state index contributed by atoms with van der Waals surface area (Å²) >= 11 is 0. The Bertz CT molecular complexity index is 1540. The summed E-state index contributed by atoms with van der Waals surface area (Å²) in [6.45, 7) is 4.53.